The third-order valence-electron chi connectivity index (χ3n) is 4.64. The summed E-state index contributed by atoms with van der Waals surface area (Å²) >= 11 is 0. The summed E-state index contributed by atoms with van der Waals surface area (Å²) in [7, 11) is 0. The Hall–Kier alpha value is -3.74. The zero-order valence-corrected chi connectivity index (χ0v) is 16.0. The van der Waals surface area contributed by atoms with E-state index in [1.54, 1.807) is 47.4 Å². The summed E-state index contributed by atoms with van der Waals surface area (Å²) in [6, 6.07) is 15.7. The van der Waals surface area contributed by atoms with Crippen LogP contribution in [-0.4, -0.2) is 25.1 Å². The van der Waals surface area contributed by atoms with E-state index in [-0.39, 0.29) is 11.9 Å². The lowest BCUT2D eigenvalue weighted by molar-refractivity contribution is 0.0963. The van der Waals surface area contributed by atoms with Crippen LogP contribution in [0.1, 0.15) is 23.0 Å². The van der Waals surface area contributed by atoms with Gasteiger partial charge in [-0.1, -0.05) is 6.07 Å². The van der Waals surface area contributed by atoms with Crippen molar-refractivity contribution in [3.63, 3.8) is 0 Å². The first-order valence-electron chi connectivity index (χ1n) is 9.43. The molecular weight excluding hydrogens is 370 g/mol. The number of hydrogen-bond donors (Lipinski definition) is 2. The van der Waals surface area contributed by atoms with Gasteiger partial charge >= 0.3 is 6.03 Å². The predicted molar refractivity (Wildman–Crippen MR) is 111 cm³/mol. The van der Waals surface area contributed by atoms with Crippen LogP contribution in [0.4, 0.5) is 21.9 Å². The average molecular weight is 391 g/mol. The monoisotopic (exact) mass is 391 g/mol. The summed E-state index contributed by atoms with van der Waals surface area (Å²) in [4.78, 5) is 26.7. The Kier molecular flexibility index (Phi) is 5.20. The minimum atomic E-state index is -0.365. The van der Waals surface area contributed by atoms with Crippen molar-refractivity contribution >= 4 is 29.0 Å². The van der Waals surface area contributed by atoms with E-state index < -0.39 is 0 Å². The predicted octanol–water partition coefficient (Wildman–Crippen LogP) is 4.53. The second-order valence-electron chi connectivity index (χ2n) is 6.56. The molecule has 2 aromatic carbocycles. The molecule has 0 atom stereocenters. The van der Waals surface area contributed by atoms with E-state index in [0.29, 0.717) is 30.3 Å². The van der Waals surface area contributed by atoms with Gasteiger partial charge < -0.3 is 24.7 Å². The first kappa shape index (κ1) is 18.6. The van der Waals surface area contributed by atoms with E-state index in [1.165, 1.54) is 6.26 Å². The highest BCUT2D eigenvalue weighted by atomic mass is 16.5. The Morgan fingerprint density at radius 2 is 1.83 bits per heavy atom. The zero-order chi connectivity index (χ0) is 20.2. The van der Waals surface area contributed by atoms with E-state index in [1.807, 2.05) is 19.1 Å². The first-order valence-corrected chi connectivity index (χ1v) is 9.43. The average Bonchev–Trinajstić information content (AvgIpc) is 3.39. The second-order valence-corrected chi connectivity index (χ2v) is 6.56. The number of rotatable bonds is 5. The molecule has 0 fully saturated rings. The number of anilines is 3. The van der Waals surface area contributed by atoms with Crippen LogP contribution >= 0.6 is 0 Å². The molecule has 2 N–H and O–H groups in total. The van der Waals surface area contributed by atoms with Crippen molar-refractivity contribution in [2.24, 2.45) is 0 Å². The summed E-state index contributed by atoms with van der Waals surface area (Å²) in [6.07, 6.45) is 2.24. The summed E-state index contributed by atoms with van der Waals surface area (Å²) in [6.45, 7) is 3.08. The molecule has 0 saturated heterocycles. The van der Waals surface area contributed by atoms with Crippen molar-refractivity contribution < 1.29 is 18.7 Å². The van der Waals surface area contributed by atoms with Gasteiger partial charge in [-0.15, -0.1) is 0 Å². The summed E-state index contributed by atoms with van der Waals surface area (Å²) in [5.41, 5.74) is 3.10. The Balaban J connectivity index is 1.44. The van der Waals surface area contributed by atoms with Gasteiger partial charge in [0.2, 0.25) is 0 Å². The number of benzene rings is 2. The van der Waals surface area contributed by atoms with Gasteiger partial charge in [-0.3, -0.25) is 4.79 Å². The smallest absolute Gasteiger partial charge is 0.323 e. The van der Waals surface area contributed by atoms with Gasteiger partial charge in [0.15, 0.2) is 5.76 Å². The van der Waals surface area contributed by atoms with E-state index in [2.05, 4.69) is 10.6 Å². The zero-order valence-electron chi connectivity index (χ0n) is 16.0. The lowest BCUT2D eigenvalue weighted by atomic mass is 10.1. The maximum absolute atomic E-state index is 12.6. The number of nitrogens with zero attached hydrogens (tertiary/aromatic N) is 1. The fourth-order valence-electron chi connectivity index (χ4n) is 3.30. The number of amides is 3. The SMILES string of the molecule is CCOc1ccc(NC(=O)Nc2ccc3c(c2)N(C(=O)c2ccco2)CC3)cc1. The van der Waals surface area contributed by atoms with Crippen molar-refractivity contribution in [3.8, 4) is 5.75 Å². The van der Waals surface area contributed by atoms with Crippen LogP contribution in [-0.2, 0) is 6.42 Å². The van der Waals surface area contributed by atoms with Crippen LogP contribution in [0.15, 0.2) is 65.3 Å². The highest BCUT2D eigenvalue weighted by molar-refractivity contribution is 6.06. The lowest BCUT2D eigenvalue weighted by Crippen LogP contribution is -2.28. The molecule has 1 aliphatic heterocycles. The van der Waals surface area contributed by atoms with E-state index in [0.717, 1.165) is 23.4 Å². The van der Waals surface area contributed by atoms with E-state index in [9.17, 15) is 9.59 Å². The maximum atomic E-state index is 12.6. The van der Waals surface area contributed by atoms with Crippen molar-refractivity contribution in [1.82, 2.24) is 0 Å². The Morgan fingerprint density at radius 1 is 1.07 bits per heavy atom. The maximum Gasteiger partial charge on any atom is 0.323 e. The number of carbonyl (C=O) groups is 2. The van der Waals surface area contributed by atoms with Crippen molar-refractivity contribution in [3.05, 3.63) is 72.2 Å². The molecule has 0 unspecified atom stereocenters. The number of furan rings is 1. The number of urea groups is 1. The third kappa shape index (κ3) is 4.08. The van der Waals surface area contributed by atoms with Crippen molar-refractivity contribution in [2.75, 3.05) is 28.7 Å². The van der Waals surface area contributed by atoms with Crippen molar-refractivity contribution in [1.29, 1.82) is 0 Å². The van der Waals surface area contributed by atoms with Gasteiger partial charge in [-0.2, -0.15) is 0 Å². The topological polar surface area (TPSA) is 83.8 Å². The molecule has 0 bridgehead atoms. The molecule has 0 spiro atoms. The molecule has 7 heteroatoms. The first-order chi connectivity index (χ1) is 14.1. The van der Waals surface area contributed by atoms with Crippen molar-refractivity contribution in [2.45, 2.75) is 13.3 Å². The van der Waals surface area contributed by atoms with Gasteiger partial charge in [0.25, 0.3) is 5.91 Å². The van der Waals surface area contributed by atoms with Crippen LogP contribution in [0.3, 0.4) is 0 Å². The molecule has 0 radical (unpaired) electrons. The standard InChI is InChI=1S/C22H21N3O4/c1-2-28-18-9-7-16(8-10-18)23-22(27)24-17-6-5-15-11-12-25(19(15)14-17)21(26)20-4-3-13-29-20/h3-10,13-14H,2,11-12H2,1H3,(H2,23,24,27). The van der Waals surface area contributed by atoms with Crippen LogP contribution in [0.25, 0.3) is 0 Å². The molecule has 3 amide bonds. The van der Waals surface area contributed by atoms with Crippen LogP contribution in [0.2, 0.25) is 0 Å². The Bertz CT molecular complexity index is 1010. The number of hydrogen-bond acceptors (Lipinski definition) is 4. The molecule has 7 nitrogen and oxygen atoms in total. The van der Waals surface area contributed by atoms with E-state index >= 15 is 0 Å². The minimum absolute atomic E-state index is 0.190. The second kappa shape index (κ2) is 8.10. The molecule has 0 saturated carbocycles. The fraction of sp³-hybridized carbons (Fsp3) is 0.182. The normalized spacial score (nSPS) is 12.4. The summed E-state index contributed by atoms with van der Waals surface area (Å²) < 4.78 is 10.6. The lowest BCUT2D eigenvalue weighted by Gasteiger charge is -2.17. The van der Waals surface area contributed by atoms with Crippen LogP contribution in [0, 0.1) is 0 Å². The number of ether oxygens (including phenoxy) is 1. The number of nitrogens with one attached hydrogen (secondary N) is 2. The Labute approximate surface area is 168 Å². The summed E-state index contributed by atoms with van der Waals surface area (Å²) in [5, 5.41) is 5.59. The molecule has 2 heterocycles. The quantitative estimate of drug-likeness (QED) is 0.670. The number of carbonyl (C=O) groups excluding carboxylic acids is 2. The van der Waals surface area contributed by atoms with Gasteiger partial charge in [0.05, 0.1) is 12.9 Å². The number of fused-ring (bicyclic) bond motifs is 1. The molecule has 29 heavy (non-hydrogen) atoms. The highest BCUT2D eigenvalue weighted by Crippen LogP contribution is 2.32. The van der Waals surface area contributed by atoms with Crippen LogP contribution in [0.5, 0.6) is 5.75 Å². The fourth-order valence-corrected chi connectivity index (χ4v) is 3.30. The van der Waals surface area contributed by atoms with Gasteiger partial charge in [-0.05, 0) is 67.4 Å². The minimum Gasteiger partial charge on any atom is -0.494 e. The molecule has 3 aromatic rings. The third-order valence-corrected chi connectivity index (χ3v) is 4.64. The van der Waals surface area contributed by atoms with Gasteiger partial charge in [0.1, 0.15) is 5.75 Å². The summed E-state index contributed by atoms with van der Waals surface area (Å²) in [5.74, 6) is 0.854. The largest absolute Gasteiger partial charge is 0.494 e. The van der Waals surface area contributed by atoms with Gasteiger partial charge in [-0.25, -0.2) is 4.79 Å². The van der Waals surface area contributed by atoms with E-state index in [4.69, 9.17) is 9.15 Å². The molecule has 148 valence electrons. The van der Waals surface area contributed by atoms with Gasteiger partial charge in [0, 0.05) is 23.6 Å². The molecular formula is C22H21N3O4. The molecule has 1 aromatic heterocycles. The molecule has 0 aliphatic carbocycles. The Morgan fingerprint density at radius 3 is 2.55 bits per heavy atom. The highest BCUT2D eigenvalue weighted by Gasteiger charge is 2.27. The van der Waals surface area contributed by atoms with Crippen LogP contribution < -0.4 is 20.3 Å². The molecule has 4 rings (SSSR count). The molecule has 1 aliphatic rings.